The van der Waals surface area contributed by atoms with Gasteiger partial charge in [0.15, 0.2) is 0 Å². The molecule has 2 amide bonds. The van der Waals surface area contributed by atoms with Crippen LogP contribution >= 0.6 is 0 Å². The average molecular weight is 668 g/mol. The van der Waals surface area contributed by atoms with Crippen LogP contribution in [0.1, 0.15) is 47.2 Å². The molecule has 49 heavy (non-hydrogen) atoms. The Hall–Kier alpha value is -4.69. The maximum absolute atomic E-state index is 14.5. The number of halogens is 3. The van der Waals surface area contributed by atoms with E-state index in [1.165, 1.54) is 35.4 Å². The van der Waals surface area contributed by atoms with Gasteiger partial charge in [-0.15, -0.1) is 0 Å². The van der Waals surface area contributed by atoms with Gasteiger partial charge in [0.05, 0.1) is 5.56 Å². The molecule has 4 aromatic rings. The van der Waals surface area contributed by atoms with Crippen molar-refractivity contribution in [2.24, 2.45) is 5.92 Å². The minimum atomic E-state index is -4.45. The van der Waals surface area contributed by atoms with E-state index in [9.17, 15) is 22.8 Å². The van der Waals surface area contributed by atoms with Crippen molar-refractivity contribution < 1.29 is 22.8 Å². The lowest BCUT2D eigenvalue weighted by molar-refractivity contribution is -0.145. The van der Waals surface area contributed by atoms with Gasteiger partial charge in [-0.1, -0.05) is 111 Å². The largest absolute Gasteiger partial charge is 0.416 e. The van der Waals surface area contributed by atoms with Gasteiger partial charge >= 0.3 is 6.18 Å². The summed E-state index contributed by atoms with van der Waals surface area (Å²) >= 11 is 0. The summed E-state index contributed by atoms with van der Waals surface area (Å²) in [5.41, 5.74) is 3.95. The van der Waals surface area contributed by atoms with Crippen LogP contribution in [-0.2, 0) is 41.7 Å². The summed E-state index contributed by atoms with van der Waals surface area (Å²) in [5, 5.41) is 0. The second kappa shape index (κ2) is 16.6. The molecular formula is C41H44F3N3O2. The Morgan fingerprint density at radius 3 is 1.84 bits per heavy atom. The number of hydrogen-bond donors (Lipinski definition) is 0. The van der Waals surface area contributed by atoms with Crippen molar-refractivity contribution >= 4 is 17.9 Å². The van der Waals surface area contributed by atoms with Crippen LogP contribution in [-0.4, -0.2) is 58.7 Å². The van der Waals surface area contributed by atoms with Gasteiger partial charge in [0.2, 0.25) is 11.8 Å². The highest BCUT2D eigenvalue weighted by atomic mass is 19.4. The Morgan fingerprint density at radius 2 is 1.27 bits per heavy atom. The number of carbonyl (C=O) groups is 2. The van der Waals surface area contributed by atoms with E-state index in [1.54, 1.807) is 4.90 Å². The Kier molecular flexibility index (Phi) is 12.1. The number of hydrogen-bond acceptors (Lipinski definition) is 3. The van der Waals surface area contributed by atoms with Gasteiger partial charge in [0, 0.05) is 51.8 Å². The second-order valence-electron chi connectivity index (χ2n) is 13.1. The van der Waals surface area contributed by atoms with Crippen molar-refractivity contribution in [3.8, 4) is 0 Å². The fourth-order valence-electron chi connectivity index (χ4n) is 6.18. The van der Waals surface area contributed by atoms with Gasteiger partial charge in [-0.05, 0) is 58.4 Å². The molecule has 1 aliphatic rings. The number of piperazine rings is 1. The summed E-state index contributed by atoms with van der Waals surface area (Å²) in [6, 6.07) is 32.0. The third kappa shape index (κ3) is 10.4. The first-order valence-electron chi connectivity index (χ1n) is 16.9. The molecule has 0 saturated carbocycles. The van der Waals surface area contributed by atoms with Crippen LogP contribution < -0.4 is 0 Å². The van der Waals surface area contributed by atoms with E-state index >= 15 is 0 Å². The third-order valence-corrected chi connectivity index (χ3v) is 8.83. The summed E-state index contributed by atoms with van der Waals surface area (Å²) in [6.07, 6.45) is -0.316. The predicted octanol–water partition coefficient (Wildman–Crippen LogP) is 7.90. The Balaban J connectivity index is 1.41. The standard InChI is InChI=1S/C41H44F3N3O2/c1-31(2)27-34-13-15-36(16-14-34)30-47(39(48)22-19-32-17-20-37(21-18-32)41(42,43)44)38(28-33-9-5-3-6-10-33)40(49)46-25-23-45(24-26-46)29-35-11-7-4-8-12-35/h3-22,31,38H,23-30H2,1-2H3/b22-19+. The molecule has 1 aliphatic heterocycles. The fourth-order valence-corrected chi connectivity index (χ4v) is 6.18. The number of carbonyl (C=O) groups excluding carboxylic acids is 2. The molecule has 0 N–H and O–H groups in total. The molecular weight excluding hydrogens is 623 g/mol. The van der Waals surface area contributed by atoms with E-state index in [0.29, 0.717) is 31.0 Å². The molecule has 1 heterocycles. The number of rotatable bonds is 12. The van der Waals surface area contributed by atoms with Crippen LogP contribution in [0.15, 0.2) is 115 Å². The van der Waals surface area contributed by atoms with Crippen LogP contribution in [0.5, 0.6) is 0 Å². The molecule has 8 heteroatoms. The van der Waals surface area contributed by atoms with Gasteiger partial charge in [-0.3, -0.25) is 14.5 Å². The number of nitrogens with zero attached hydrogens (tertiary/aromatic N) is 3. The first-order chi connectivity index (χ1) is 23.5. The molecule has 5 nitrogen and oxygen atoms in total. The van der Waals surface area contributed by atoms with Crippen molar-refractivity contribution in [2.45, 2.75) is 52.0 Å². The number of amides is 2. The molecule has 1 unspecified atom stereocenters. The van der Waals surface area contributed by atoms with Crippen LogP contribution in [0.2, 0.25) is 0 Å². The minimum absolute atomic E-state index is 0.115. The van der Waals surface area contributed by atoms with Gasteiger partial charge in [0.25, 0.3) is 0 Å². The molecule has 0 spiro atoms. The first kappa shape index (κ1) is 35.6. The molecule has 1 fully saturated rings. The number of alkyl halides is 3. The monoisotopic (exact) mass is 667 g/mol. The van der Waals surface area contributed by atoms with Crippen molar-refractivity contribution in [1.82, 2.24) is 14.7 Å². The maximum atomic E-state index is 14.5. The molecule has 1 atom stereocenters. The number of benzene rings is 4. The van der Waals surface area contributed by atoms with Crippen LogP contribution in [0, 0.1) is 5.92 Å². The van der Waals surface area contributed by atoms with Crippen molar-refractivity contribution in [1.29, 1.82) is 0 Å². The zero-order chi connectivity index (χ0) is 34.8. The smallest absolute Gasteiger partial charge is 0.338 e. The topological polar surface area (TPSA) is 43.9 Å². The quantitative estimate of drug-likeness (QED) is 0.144. The van der Waals surface area contributed by atoms with Crippen LogP contribution in [0.3, 0.4) is 0 Å². The molecule has 0 bridgehead atoms. The van der Waals surface area contributed by atoms with Gasteiger partial charge < -0.3 is 9.80 Å². The predicted molar refractivity (Wildman–Crippen MR) is 188 cm³/mol. The van der Waals surface area contributed by atoms with E-state index in [2.05, 4.69) is 43.0 Å². The highest BCUT2D eigenvalue weighted by molar-refractivity contribution is 5.95. The summed E-state index contributed by atoms with van der Waals surface area (Å²) in [7, 11) is 0. The first-order valence-corrected chi connectivity index (χ1v) is 16.9. The SMILES string of the molecule is CC(C)Cc1ccc(CN(C(=O)/C=C/c2ccc(C(F)(F)F)cc2)C(Cc2ccccc2)C(=O)N2CCN(Cc3ccccc3)CC2)cc1. The molecule has 0 aromatic heterocycles. The highest BCUT2D eigenvalue weighted by Crippen LogP contribution is 2.29. The fraction of sp³-hybridized carbons (Fsp3) is 0.317. The van der Waals surface area contributed by atoms with E-state index in [-0.39, 0.29) is 18.4 Å². The normalized spacial score (nSPS) is 14.7. The van der Waals surface area contributed by atoms with E-state index in [0.717, 1.165) is 49.3 Å². The van der Waals surface area contributed by atoms with Crippen molar-refractivity contribution in [3.63, 3.8) is 0 Å². The molecule has 1 saturated heterocycles. The summed E-state index contributed by atoms with van der Waals surface area (Å²) < 4.78 is 39.4. The van der Waals surface area contributed by atoms with Crippen molar-refractivity contribution in [3.05, 3.63) is 149 Å². The highest BCUT2D eigenvalue weighted by Gasteiger charge is 2.34. The zero-order valence-corrected chi connectivity index (χ0v) is 28.2. The molecule has 0 aliphatic carbocycles. The average Bonchev–Trinajstić information content (AvgIpc) is 3.10. The lowest BCUT2D eigenvalue weighted by Gasteiger charge is -2.39. The van der Waals surface area contributed by atoms with Crippen LogP contribution in [0.4, 0.5) is 13.2 Å². The molecule has 4 aromatic carbocycles. The van der Waals surface area contributed by atoms with Gasteiger partial charge in [0.1, 0.15) is 6.04 Å². The Morgan fingerprint density at radius 1 is 0.714 bits per heavy atom. The Bertz CT molecular complexity index is 1660. The zero-order valence-electron chi connectivity index (χ0n) is 28.2. The molecule has 256 valence electrons. The summed E-state index contributed by atoms with van der Waals surface area (Å²) in [5.74, 6) is -0.000586. The Labute approximate surface area is 287 Å². The maximum Gasteiger partial charge on any atom is 0.416 e. The molecule has 0 radical (unpaired) electrons. The molecule has 5 rings (SSSR count). The van der Waals surface area contributed by atoms with E-state index < -0.39 is 17.8 Å². The lowest BCUT2D eigenvalue weighted by Crippen LogP contribution is -2.56. The van der Waals surface area contributed by atoms with E-state index in [1.807, 2.05) is 65.6 Å². The van der Waals surface area contributed by atoms with Crippen LogP contribution in [0.25, 0.3) is 6.08 Å². The minimum Gasteiger partial charge on any atom is -0.338 e. The third-order valence-electron chi connectivity index (χ3n) is 8.83. The van der Waals surface area contributed by atoms with Gasteiger partial charge in [-0.2, -0.15) is 13.2 Å². The van der Waals surface area contributed by atoms with Gasteiger partial charge in [-0.25, -0.2) is 0 Å². The van der Waals surface area contributed by atoms with E-state index in [4.69, 9.17) is 0 Å². The van der Waals surface area contributed by atoms with Crippen molar-refractivity contribution in [2.75, 3.05) is 26.2 Å². The lowest BCUT2D eigenvalue weighted by atomic mass is 9.99. The summed E-state index contributed by atoms with van der Waals surface area (Å²) in [6.45, 7) is 7.87. The second-order valence-corrected chi connectivity index (χ2v) is 13.1. The summed E-state index contributed by atoms with van der Waals surface area (Å²) in [4.78, 5) is 34.4.